The summed E-state index contributed by atoms with van der Waals surface area (Å²) in [7, 11) is 1.69. The number of rotatable bonds is 5. The van der Waals surface area contributed by atoms with Crippen LogP contribution in [-0.2, 0) is 4.79 Å². The average molecular weight is 217 g/mol. The maximum absolute atomic E-state index is 11.7. The van der Waals surface area contributed by atoms with Crippen LogP contribution in [0.3, 0.4) is 0 Å². The number of carbonyl (C=O) groups is 1. The van der Waals surface area contributed by atoms with E-state index in [1.165, 1.54) is 0 Å². The number of carbonyl (C=O) groups excluding carboxylic acids is 1. The molecule has 2 nitrogen and oxygen atoms in total. The van der Waals surface area contributed by atoms with Gasteiger partial charge in [-0.15, -0.1) is 0 Å². The van der Waals surface area contributed by atoms with Crippen LogP contribution in [-0.4, -0.2) is 17.7 Å². The lowest BCUT2D eigenvalue weighted by atomic mass is 9.77. The van der Waals surface area contributed by atoms with Gasteiger partial charge in [-0.3, -0.25) is 4.79 Å². The Morgan fingerprint density at radius 1 is 1.29 bits per heavy atom. The van der Waals surface area contributed by atoms with Gasteiger partial charge in [-0.1, -0.05) is 27.7 Å². The topological polar surface area (TPSA) is 29.1 Å². The van der Waals surface area contributed by atoms with E-state index in [9.17, 15) is 4.79 Å². The number of nitrogens with one attached hydrogen (secondary N) is 1. The highest BCUT2D eigenvalue weighted by Gasteiger charge is 2.36. The van der Waals surface area contributed by atoms with Crippen LogP contribution in [0.15, 0.2) is 0 Å². The highest BCUT2D eigenvalue weighted by Crippen LogP contribution is 2.36. The zero-order valence-electron chi connectivity index (χ0n) is 9.98. The van der Waals surface area contributed by atoms with Gasteiger partial charge in [0.05, 0.1) is 0 Å². The largest absolute Gasteiger partial charge is 0.359 e. The molecule has 0 aliphatic carbocycles. The summed E-state index contributed by atoms with van der Waals surface area (Å²) in [6.45, 7) is 8.25. The van der Waals surface area contributed by atoms with E-state index in [0.29, 0.717) is 0 Å². The average Bonchev–Trinajstić information content (AvgIpc) is 2.15. The lowest BCUT2D eigenvalue weighted by molar-refractivity contribution is -0.130. The predicted molar refractivity (Wildman–Crippen MR) is 64.8 cm³/mol. The van der Waals surface area contributed by atoms with Crippen molar-refractivity contribution in [2.75, 3.05) is 7.05 Å². The predicted octanol–water partition coefficient (Wildman–Crippen LogP) is 2.64. The molecule has 0 aromatic heterocycles. The number of hydrogen-bond acceptors (Lipinski definition) is 2. The van der Waals surface area contributed by atoms with Crippen molar-refractivity contribution in [1.82, 2.24) is 5.32 Å². The van der Waals surface area contributed by atoms with Gasteiger partial charge in [-0.2, -0.15) is 12.6 Å². The quantitative estimate of drug-likeness (QED) is 0.681. The lowest BCUT2D eigenvalue weighted by Crippen LogP contribution is -2.40. The van der Waals surface area contributed by atoms with Crippen LogP contribution in [0.5, 0.6) is 0 Å². The van der Waals surface area contributed by atoms with E-state index >= 15 is 0 Å². The van der Waals surface area contributed by atoms with Gasteiger partial charge in [-0.25, -0.2) is 0 Å². The van der Waals surface area contributed by atoms with Gasteiger partial charge in [0, 0.05) is 17.2 Å². The second-order valence-corrected chi connectivity index (χ2v) is 5.60. The molecule has 14 heavy (non-hydrogen) atoms. The van der Waals surface area contributed by atoms with Gasteiger partial charge < -0.3 is 5.32 Å². The smallest absolute Gasteiger partial charge is 0.225 e. The van der Waals surface area contributed by atoms with E-state index in [2.05, 4.69) is 38.7 Å². The first-order valence-electron chi connectivity index (χ1n) is 5.26. The Balaban J connectivity index is 4.63. The number of hydrogen-bond donors (Lipinski definition) is 2. The molecule has 0 saturated heterocycles. The van der Waals surface area contributed by atoms with Crippen LogP contribution in [0.2, 0.25) is 0 Å². The molecule has 0 aromatic carbocycles. The summed E-state index contributed by atoms with van der Waals surface area (Å²) in [4.78, 5) is 11.7. The van der Waals surface area contributed by atoms with E-state index in [1.807, 2.05) is 6.92 Å². The van der Waals surface area contributed by atoms with Crippen molar-refractivity contribution in [3.8, 4) is 0 Å². The van der Waals surface area contributed by atoms with Crippen molar-refractivity contribution < 1.29 is 4.79 Å². The highest BCUT2D eigenvalue weighted by atomic mass is 32.1. The van der Waals surface area contributed by atoms with Crippen LogP contribution in [0, 0.1) is 5.41 Å². The third kappa shape index (κ3) is 3.52. The Morgan fingerprint density at radius 3 is 2.07 bits per heavy atom. The maximum Gasteiger partial charge on any atom is 0.225 e. The van der Waals surface area contributed by atoms with Gasteiger partial charge in [0.15, 0.2) is 0 Å². The van der Waals surface area contributed by atoms with Gasteiger partial charge >= 0.3 is 0 Å². The van der Waals surface area contributed by atoms with Gasteiger partial charge in [0.1, 0.15) is 0 Å². The molecule has 0 aliphatic heterocycles. The second kappa shape index (κ2) is 5.06. The first-order valence-corrected chi connectivity index (χ1v) is 5.70. The first-order chi connectivity index (χ1) is 6.31. The Morgan fingerprint density at radius 2 is 1.79 bits per heavy atom. The number of amides is 1. The van der Waals surface area contributed by atoms with E-state index in [1.54, 1.807) is 7.05 Å². The first kappa shape index (κ1) is 13.8. The number of thiol groups is 1. The summed E-state index contributed by atoms with van der Waals surface area (Å²) in [6.07, 6.45) is 2.64. The minimum absolute atomic E-state index is 0.0583. The van der Waals surface area contributed by atoms with Crippen LogP contribution in [0.1, 0.15) is 47.0 Å². The van der Waals surface area contributed by atoms with Gasteiger partial charge in [-0.05, 0) is 19.3 Å². The summed E-state index contributed by atoms with van der Waals surface area (Å²) in [5.41, 5.74) is -0.290. The molecule has 0 bridgehead atoms. The standard InChI is InChI=1S/C11H23NOS/c1-6-10(3,9(13)12-5)8-11(4,14)7-2/h14H,6-8H2,1-5H3,(H,12,13). The maximum atomic E-state index is 11.7. The molecule has 0 rings (SSSR count). The molecule has 3 heteroatoms. The molecule has 84 valence electrons. The molecule has 2 atom stereocenters. The van der Waals surface area contributed by atoms with Gasteiger partial charge in [0.25, 0.3) is 0 Å². The Hall–Kier alpha value is -0.180. The fourth-order valence-electron chi connectivity index (χ4n) is 1.63. The molecular weight excluding hydrogens is 194 g/mol. The van der Waals surface area contributed by atoms with Crippen molar-refractivity contribution >= 4 is 18.5 Å². The molecule has 0 fully saturated rings. The normalized spacial score (nSPS) is 19.6. The van der Waals surface area contributed by atoms with E-state index in [0.717, 1.165) is 19.3 Å². The Labute approximate surface area is 93.3 Å². The summed E-state index contributed by atoms with van der Waals surface area (Å²) in [5.74, 6) is 0.119. The Kier molecular flexibility index (Phi) is 4.99. The molecule has 0 spiro atoms. The molecular formula is C11H23NOS. The van der Waals surface area contributed by atoms with Crippen LogP contribution in [0.4, 0.5) is 0 Å². The molecule has 0 aromatic rings. The summed E-state index contributed by atoms with van der Waals surface area (Å²) in [5, 5.41) is 2.73. The molecule has 0 saturated carbocycles. The molecule has 2 unspecified atom stereocenters. The molecule has 1 amide bonds. The summed E-state index contributed by atoms with van der Waals surface area (Å²) >= 11 is 4.59. The van der Waals surface area contributed by atoms with Crippen molar-refractivity contribution in [2.45, 2.75) is 51.7 Å². The second-order valence-electron chi connectivity index (χ2n) is 4.52. The zero-order chi connectivity index (χ0) is 11.4. The third-order valence-corrected chi connectivity index (χ3v) is 3.56. The van der Waals surface area contributed by atoms with Crippen LogP contribution < -0.4 is 5.32 Å². The van der Waals surface area contributed by atoms with E-state index in [4.69, 9.17) is 0 Å². The van der Waals surface area contributed by atoms with Gasteiger partial charge in [0.2, 0.25) is 5.91 Å². The zero-order valence-corrected chi connectivity index (χ0v) is 10.9. The molecule has 1 N–H and O–H groups in total. The Bertz CT molecular complexity index is 203. The monoisotopic (exact) mass is 217 g/mol. The van der Waals surface area contributed by atoms with Crippen LogP contribution >= 0.6 is 12.6 Å². The minimum atomic E-state index is -0.290. The molecule has 0 heterocycles. The SMILES string of the molecule is CCC(C)(S)CC(C)(CC)C(=O)NC. The third-order valence-electron chi connectivity index (χ3n) is 3.09. The fraction of sp³-hybridized carbons (Fsp3) is 0.909. The van der Waals surface area contributed by atoms with Crippen molar-refractivity contribution in [1.29, 1.82) is 0 Å². The van der Waals surface area contributed by atoms with E-state index < -0.39 is 0 Å². The fourth-order valence-corrected chi connectivity index (χ4v) is 1.98. The summed E-state index contributed by atoms with van der Waals surface area (Å²) < 4.78 is -0.0583. The van der Waals surface area contributed by atoms with Crippen LogP contribution in [0.25, 0.3) is 0 Å². The van der Waals surface area contributed by atoms with Crippen molar-refractivity contribution in [3.63, 3.8) is 0 Å². The molecule has 0 aliphatic rings. The van der Waals surface area contributed by atoms with Crippen molar-refractivity contribution in [3.05, 3.63) is 0 Å². The van der Waals surface area contributed by atoms with E-state index in [-0.39, 0.29) is 16.1 Å². The highest BCUT2D eigenvalue weighted by molar-refractivity contribution is 7.81. The van der Waals surface area contributed by atoms with Crippen molar-refractivity contribution in [2.24, 2.45) is 5.41 Å². The summed E-state index contributed by atoms with van der Waals surface area (Å²) in [6, 6.07) is 0. The molecule has 0 radical (unpaired) electrons. The lowest BCUT2D eigenvalue weighted by Gasteiger charge is -2.34. The minimum Gasteiger partial charge on any atom is -0.359 e.